The van der Waals surface area contributed by atoms with E-state index in [1.165, 1.54) is 17.3 Å². The highest BCUT2D eigenvalue weighted by molar-refractivity contribution is 7.99. The molecule has 0 unspecified atom stereocenters. The summed E-state index contributed by atoms with van der Waals surface area (Å²) in [6.07, 6.45) is 0.995. The number of hydrogen-bond donors (Lipinski definition) is 1. The number of anilines is 1. The van der Waals surface area contributed by atoms with Gasteiger partial charge in [0.15, 0.2) is 5.82 Å². The number of thioether (sulfide) groups is 1. The fourth-order valence-corrected chi connectivity index (χ4v) is 2.70. The Balaban J connectivity index is 1.79. The van der Waals surface area contributed by atoms with E-state index in [1.54, 1.807) is 4.68 Å². The van der Waals surface area contributed by atoms with Crippen LogP contribution >= 0.6 is 11.8 Å². The van der Waals surface area contributed by atoms with E-state index in [9.17, 15) is 4.79 Å². The SMILES string of the molecule is CCc1ccc(NC(=O)CSCc2nnnn2C(C)C)cc1. The molecule has 0 fully saturated rings. The minimum Gasteiger partial charge on any atom is -0.325 e. The van der Waals surface area contributed by atoms with Crippen molar-refractivity contribution in [3.05, 3.63) is 35.7 Å². The van der Waals surface area contributed by atoms with E-state index < -0.39 is 0 Å². The first-order valence-electron chi connectivity index (χ1n) is 7.33. The average molecular weight is 319 g/mol. The molecule has 0 bridgehead atoms. The molecule has 118 valence electrons. The topological polar surface area (TPSA) is 72.7 Å². The molecular formula is C15H21N5OS. The Morgan fingerprint density at radius 1 is 1.32 bits per heavy atom. The number of tetrazole rings is 1. The number of aromatic nitrogens is 4. The Kier molecular flexibility index (Phi) is 5.94. The second-order valence-corrected chi connectivity index (χ2v) is 6.21. The van der Waals surface area contributed by atoms with E-state index in [0.717, 1.165) is 17.9 Å². The maximum atomic E-state index is 11.9. The molecule has 1 aromatic heterocycles. The van der Waals surface area contributed by atoms with Gasteiger partial charge in [-0.1, -0.05) is 19.1 Å². The number of hydrogen-bond acceptors (Lipinski definition) is 5. The van der Waals surface area contributed by atoms with Crippen LogP contribution in [0.2, 0.25) is 0 Å². The normalized spacial score (nSPS) is 10.9. The molecule has 0 saturated carbocycles. The van der Waals surface area contributed by atoms with Gasteiger partial charge in [-0.05, 0) is 48.4 Å². The maximum absolute atomic E-state index is 11.9. The van der Waals surface area contributed by atoms with Crippen LogP contribution < -0.4 is 5.32 Å². The first-order valence-corrected chi connectivity index (χ1v) is 8.49. The molecule has 0 saturated heterocycles. The maximum Gasteiger partial charge on any atom is 0.234 e. The molecule has 1 aromatic carbocycles. The van der Waals surface area contributed by atoms with Gasteiger partial charge in [0, 0.05) is 5.69 Å². The Morgan fingerprint density at radius 2 is 2.05 bits per heavy atom. The molecule has 1 heterocycles. The van der Waals surface area contributed by atoms with Crippen LogP contribution in [-0.2, 0) is 17.0 Å². The molecule has 0 aliphatic heterocycles. The largest absolute Gasteiger partial charge is 0.325 e. The molecule has 0 aliphatic rings. The van der Waals surface area contributed by atoms with E-state index in [4.69, 9.17) is 0 Å². The van der Waals surface area contributed by atoms with Crippen LogP contribution in [0.1, 0.15) is 38.2 Å². The van der Waals surface area contributed by atoms with Gasteiger partial charge in [-0.2, -0.15) is 0 Å². The van der Waals surface area contributed by atoms with E-state index in [2.05, 4.69) is 27.8 Å². The highest BCUT2D eigenvalue weighted by Gasteiger charge is 2.10. The average Bonchev–Trinajstić information content (AvgIpc) is 2.97. The van der Waals surface area contributed by atoms with Crippen LogP contribution in [0.15, 0.2) is 24.3 Å². The van der Waals surface area contributed by atoms with E-state index in [1.807, 2.05) is 38.1 Å². The quantitative estimate of drug-likeness (QED) is 0.849. The molecule has 1 amide bonds. The summed E-state index contributed by atoms with van der Waals surface area (Å²) in [5.41, 5.74) is 2.09. The number of amides is 1. The summed E-state index contributed by atoms with van der Waals surface area (Å²) >= 11 is 1.50. The van der Waals surface area contributed by atoms with Crippen molar-refractivity contribution in [2.24, 2.45) is 0 Å². The predicted octanol–water partition coefficient (Wildman–Crippen LogP) is 2.69. The number of carbonyl (C=O) groups excluding carboxylic acids is 1. The second kappa shape index (κ2) is 7.93. The monoisotopic (exact) mass is 319 g/mol. The summed E-state index contributed by atoms with van der Waals surface area (Å²) < 4.78 is 1.77. The van der Waals surface area contributed by atoms with Crippen molar-refractivity contribution >= 4 is 23.4 Å². The molecule has 6 nitrogen and oxygen atoms in total. The zero-order chi connectivity index (χ0) is 15.9. The molecule has 0 radical (unpaired) electrons. The van der Waals surface area contributed by atoms with Gasteiger partial charge in [-0.25, -0.2) is 4.68 Å². The van der Waals surface area contributed by atoms with Gasteiger partial charge in [0.25, 0.3) is 0 Å². The summed E-state index contributed by atoms with van der Waals surface area (Å²) in [6, 6.07) is 8.14. The van der Waals surface area contributed by atoms with Crippen LogP contribution in [0.4, 0.5) is 5.69 Å². The summed E-state index contributed by atoms with van der Waals surface area (Å²) in [5, 5.41) is 14.5. The van der Waals surface area contributed by atoms with Crippen molar-refractivity contribution in [3.8, 4) is 0 Å². The van der Waals surface area contributed by atoms with E-state index in [-0.39, 0.29) is 11.9 Å². The van der Waals surface area contributed by atoms with Crippen LogP contribution in [0.25, 0.3) is 0 Å². The van der Waals surface area contributed by atoms with E-state index >= 15 is 0 Å². The first kappa shape index (κ1) is 16.5. The highest BCUT2D eigenvalue weighted by Crippen LogP contribution is 2.14. The Bertz CT molecular complexity index is 609. The number of rotatable bonds is 7. The Morgan fingerprint density at radius 3 is 2.68 bits per heavy atom. The van der Waals surface area contributed by atoms with Gasteiger partial charge < -0.3 is 5.32 Å². The van der Waals surface area contributed by atoms with Crippen LogP contribution in [0.3, 0.4) is 0 Å². The standard InChI is InChI=1S/C15H21N5OS/c1-4-12-5-7-13(8-6-12)16-15(21)10-22-9-14-17-18-19-20(14)11(2)3/h5-8,11H,4,9-10H2,1-3H3,(H,16,21). The number of nitrogens with zero attached hydrogens (tertiary/aromatic N) is 4. The van der Waals surface area contributed by atoms with Gasteiger partial charge in [-0.3, -0.25) is 4.79 Å². The molecular weight excluding hydrogens is 298 g/mol. The lowest BCUT2D eigenvalue weighted by Gasteiger charge is -2.08. The highest BCUT2D eigenvalue weighted by atomic mass is 32.2. The van der Waals surface area contributed by atoms with Crippen molar-refractivity contribution < 1.29 is 4.79 Å². The first-order chi connectivity index (χ1) is 10.6. The van der Waals surface area contributed by atoms with Gasteiger partial charge in [0.1, 0.15) is 0 Å². The smallest absolute Gasteiger partial charge is 0.234 e. The number of nitrogens with one attached hydrogen (secondary N) is 1. The second-order valence-electron chi connectivity index (χ2n) is 5.22. The van der Waals surface area contributed by atoms with Crippen molar-refractivity contribution in [2.45, 2.75) is 39.0 Å². The molecule has 1 N–H and O–H groups in total. The van der Waals surface area contributed by atoms with Gasteiger partial charge in [0.2, 0.25) is 5.91 Å². The lowest BCUT2D eigenvalue weighted by Crippen LogP contribution is -2.15. The van der Waals surface area contributed by atoms with Crippen molar-refractivity contribution in [1.82, 2.24) is 20.2 Å². The molecule has 22 heavy (non-hydrogen) atoms. The lowest BCUT2D eigenvalue weighted by atomic mass is 10.1. The number of carbonyl (C=O) groups is 1. The van der Waals surface area contributed by atoms with Gasteiger partial charge >= 0.3 is 0 Å². The van der Waals surface area contributed by atoms with Gasteiger partial charge in [-0.15, -0.1) is 16.9 Å². The third-order valence-corrected chi connectivity index (χ3v) is 4.09. The Labute approximate surface area is 134 Å². The fourth-order valence-electron chi connectivity index (χ4n) is 1.96. The fraction of sp³-hybridized carbons (Fsp3) is 0.467. The molecule has 2 aromatic rings. The van der Waals surface area contributed by atoms with Crippen LogP contribution in [0.5, 0.6) is 0 Å². The Hall–Kier alpha value is -1.89. The van der Waals surface area contributed by atoms with E-state index in [0.29, 0.717) is 11.5 Å². The van der Waals surface area contributed by atoms with Crippen molar-refractivity contribution in [2.75, 3.05) is 11.1 Å². The molecule has 0 aliphatic carbocycles. The summed E-state index contributed by atoms with van der Waals surface area (Å²) in [7, 11) is 0. The van der Waals surface area contributed by atoms with Crippen molar-refractivity contribution in [3.63, 3.8) is 0 Å². The number of aryl methyl sites for hydroxylation is 1. The molecule has 0 atom stereocenters. The van der Waals surface area contributed by atoms with Crippen molar-refractivity contribution in [1.29, 1.82) is 0 Å². The van der Waals surface area contributed by atoms with Crippen LogP contribution in [-0.4, -0.2) is 31.9 Å². The summed E-state index contributed by atoms with van der Waals surface area (Å²) in [5.74, 6) is 1.77. The molecule has 0 spiro atoms. The zero-order valence-electron chi connectivity index (χ0n) is 13.1. The van der Waals surface area contributed by atoms with Crippen LogP contribution in [0, 0.1) is 0 Å². The summed E-state index contributed by atoms with van der Waals surface area (Å²) in [4.78, 5) is 11.9. The third-order valence-electron chi connectivity index (χ3n) is 3.16. The molecule has 2 rings (SSSR count). The predicted molar refractivity (Wildman–Crippen MR) is 88.8 cm³/mol. The lowest BCUT2D eigenvalue weighted by molar-refractivity contribution is -0.113. The summed E-state index contributed by atoms with van der Waals surface area (Å²) in [6.45, 7) is 6.16. The third kappa shape index (κ3) is 4.56. The number of benzene rings is 1. The van der Waals surface area contributed by atoms with Gasteiger partial charge in [0.05, 0.1) is 17.5 Å². The minimum atomic E-state index is -0.0159. The minimum absolute atomic E-state index is 0.0159. The molecule has 7 heteroatoms. The zero-order valence-corrected chi connectivity index (χ0v) is 13.9.